The number of nitrogens with one attached hydrogen (secondary N) is 2. The second-order valence-corrected chi connectivity index (χ2v) is 9.25. The number of aromatic amines is 1. The van der Waals surface area contributed by atoms with Crippen molar-refractivity contribution < 1.29 is 18.4 Å². The number of rotatable bonds is 6. The van der Waals surface area contributed by atoms with Gasteiger partial charge in [0.2, 0.25) is 5.91 Å². The smallest absolute Gasteiger partial charge is 0.257 e. The van der Waals surface area contributed by atoms with Crippen LogP contribution in [0.25, 0.3) is 10.9 Å². The van der Waals surface area contributed by atoms with Crippen LogP contribution in [0.4, 0.5) is 20.3 Å². The van der Waals surface area contributed by atoms with Gasteiger partial charge in [0, 0.05) is 43.3 Å². The quantitative estimate of drug-likeness (QED) is 0.372. The van der Waals surface area contributed by atoms with Crippen molar-refractivity contribution in [2.24, 2.45) is 5.73 Å². The van der Waals surface area contributed by atoms with E-state index in [-0.39, 0.29) is 16.9 Å². The van der Waals surface area contributed by atoms with Gasteiger partial charge >= 0.3 is 0 Å². The molecule has 4 aromatic rings. The second kappa shape index (κ2) is 9.98. The Balaban J connectivity index is 1.39. The summed E-state index contributed by atoms with van der Waals surface area (Å²) in [6.07, 6.45) is 0.294. The molecule has 1 aromatic heterocycles. The van der Waals surface area contributed by atoms with Gasteiger partial charge in [-0.15, -0.1) is 0 Å². The summed E-state index contributed by atoms with van der Waals surface area (Å²) in [6.45, 7) is 3.42. The van der Waals surface area contributed by atoms with Gasteiger partial charge in [0.15, 0.2) is 5.82 Å². The normalized spacial score (nSPS) is 14.2. The molecule has 37 heavy (non-hydrogen) atoms. The highest BCUT2D eigenvalue weighted by atomic mass is 19.1. The van der Waals surface area contributed by atoms with Crippen molar-refractivity contribution in [1.82, 2.24) is 15.1 Å². The molecule has 1 saturated heterocycles. The lowest BCUT2D eigenvalue weighted by atomic mass is 10.0. The first-order chi connectivity index (χ1) is 17.8. The fraction of sp³-hybridized carbons (Fsp3) is 0.222. The Morgan fingerprint density at radius 3 is 2.38 bits per heavy atom. The molecular weight excluding hydrogens is 478 g/mol. The number of H-pyrrole nitrogens is 1. The minimum Gasteiger partial charge on any atom is -0.369 e. The van der Waals surface area contributed by atoms with Gasteiger partial charge in [-0.25, -0.2) is 8.78 Å². The third-order valence-corrected chi connectivity index (χ3v) is 6.57. The predicted octanol–water partition coefficient (Wildman–Crippen LogP) is 3.53. The molecule has 0 saturated carbocycles. The van der Waals surface area contributed by atoms with Crippen molar-refractivity contribution in [2.45, 2.75) is 6.42 Å². The molecule has 5 rings (SSSR count). The highest BCUT2D eigenvalue weighted by Gasteiger charge is 2.21. The largest absolute Gasteiger partial charge is 0.369 e. The van der Waals surface area contributed by atoms with Crippen LogP contribution >= 0.6 is 0 Å². The molecule has 1 aliphatic heterocycles. The van der Waals surface area contributed by atoms with Gasteiger partial charge in [-0.3, -0.25) is 14.7 Å². The predicted molar refractivity (Wildman–Crippen MR) is 138 cm³/mol. The number of halogens is 2. The second-order valence-electron chi connectivity index (χ2n) is 9.25. The summed E-state index contributed by atoms with van der Waals surface area (Å²) < 4.78 is 27.2. The highest BCUT2D eigenvalue weighted by Crippen LogP contribution is 2.26. The van der Waals surface area contributed by atoms with E-state index in [0.717, 1.165) is 43.5 Å². The van der Waals surface area contributed by atoms with Crippen LogP contribution in [0, 0.1) is 11.6 Å². The SMILES string of the molecule is CN1CCN(c2ccc(C(=O)Nc3n[nH]c4ccc(Cc5cc(F)cc(F)c5)cc34)c(C(N)=O)c2)CC1. The molecule has 2 amide bonds. The Morgan fingerprint density at radius 1 is 0.946 bits per heavy atom. The zero-order chi connectivity index (χ0) is 26.1. The number of nitrogens with two attached hydrogens (primary N) is 1. The Kier molecular flexibility index (Phi) is 6.58. The van der Waals surface area contributed by atoms with Crippen molar-refractivity contribution in [3.05, 3.63) is 88.5 Å². The van der Waals surface area contributed by atoms with E-state index in [0.29, 0.717) is 22.9 Å². The van der Waals surface area contributed by atoms with Gasteiger partial charge in [-0.05, 0) is 67.1 Å². The van der Waals surface area contributed by atoms with E-state index in [2.05, 4.69) is 32.4 Å². The van der Waals surface area contributed by atoms with Gasteiger partial charge in [0.25, 0.3) is 5.91 Å². The third kappa shape index (κ3) is 5.29. The van der Waals surface area contributed by atoms with Crippen LogP contribution in [0.3, 0.4) is 0 Å². The molecule has 0 radical (unpaired) electrons. The summed E-state index contributed by atoms with van der Waals surface area (Å²) in [5.41, 5.74) is 8.68. The minimum absolute atomic E-state index is 0.127. The molecular formula is C27H26F2N6O2. The van der Waals surface area contributed by atoms with Crippen molar-refractivity contribution in [3.63, 3.8) is 0 Å². The number of hydrogen-bond donors (Lipinski definition) is 3. The van der Waals surface area contributed by atoms with Crippen molar-refractivity contribution in [2.75, 3.05) is 43.4 Å². The fourth-order valence-corrected chi connectivity index (χ4v) is 4.59. The van der Waals surface area contributed by atoms with E-state index in [1.54, 1.807) is 24.3 Å². The van der Waals surface area contributed by atoms with Gasteiger partial charge in [0.1, 0.15) is 11.6 Å². The van der Waals surface area contributed by atoms with Crippen molar-refractivity contribution in [1.29, 1.82) is 0 Å². The summed E-state index contributed by atoms with van der Waals surface area (Å²) in [4.78, 5) is 29.8. The third-order valence-electron chi connectivity index (χ3n) is 6.57. The van der Waals surface area contributed by atoms with Crippen LogP contribution in [0.2, 0.25) is 0 Å². The number of carbonyl (C=O) groups excluding carboxylic acids is 2. The lowest BCUT2D eigenvalue weighted by Gasteiger charge is -2.34. The summed E-state index contributed by atoms with van der Waals surface area (Å²) in [5, 5.41) is 10.4. The monoisotopic (exact) mass is 504 g/mol. The zero-order valence-corrected chi connectivity index (χ0v) is 20.2. The van der Waals surface area contributed by atoms with E-state index >= 15 is 0 Å². The summed E-state index contributed by atoms with van der Waals surface area (Å²) >= 11 is 0. The maximum absolute atomic E-state index is 13.6. The van der Waals surface area contributed by atoms with Gasteiger partial charge in [-0.2, -0.15) is 5.10 Å². The number of primary amides is 1. The van der Waals surface area contributed by atoms with E-state index in [4.69, 9.17) is 5.73 Å². The molecule has 0 unspecified atom stereocenters. The van der Waals surface area contributed by atoms with Gasteiger partial charge in [0.05, 0.1) is 16.6 Å². The number of benzene rings is 3. The van der Waals surface area contributed by atoms with Crippen LogP contribution in [0.15, 0.2) is 54.6 Å². The summed E-state index contributed by atoms with van der Waals surface area (Å²) in [7, 11) is 2.06. The van der Waals surface area contributed by atoms with Crippen molar-refractivity contribution >= 4 is 34.2 Å². The number of fused-ring (bicyclic) bond motifs is 1. The molecule has 1 aliphatic rings. The molecule has 4 N–H and O–H groups in total. The average molecular weight is 505 g/mol. The average Bonchev–Trinajstić information content (AvgIpc) is 3.25. The van der Waals surface area contributed by atoms with E-state index in [9.17, 15) is 18.4 Å². The molecule has 0 aliphatic carbocycles. The number of anilines is 2. The molecule has 190 valence electrons. The van der Waals surface area contributed by atoms with Gasteiger partial charge < -0.3 is 20.9 Å². The molecule has 3 aromatic carbocycles. The van der Waals surface area contributed by atoms with Gasteiger partial charge in [-0.1, -0.05) is 6.07 Å². The number of carbonyl (C=O) groups is 2. The number of amides is 2. The molecule has 8 nitrogen and oxygen atoms in total. The minimum atomic E-state index is -0.697. The van der Waals surface area contributed by atoms with E-state index in [1.165, 1.54) is 12.1 Å². The number of nitrogens with zero attached hydrogens (tertiary/aromatic N) is 3. The Labute approximate surface area is 212 Å². The first-order valence-electron chi connectivity index (χ1n) is 11.9. The summed E-state index contributed by atoms with van der Waals surface area (Å²) in [5.74, 6) is -2.24. The molecule has 2 heterocycles. The molecule has 1 fully saturated rings. The lowest BCUT2D eigenvalue weighted by Crippen LogP contribution is -2.44. The number of hydrogen-bond acceptors (Lipinski definition) is 5. The Bertz CT molecular complexity index is 1470. The highest BCUT2D eigenvalue weighted by molar-refractivity contribution is 6.14. The van der Waals surface area contributed by atoms with Crippen molar-refractivity contribution in [3.8, 4) is 0 Å². The number of likely N-dealkylation sites (N-methyl/N-ethyl adjacent to an activating group) is 1. The van der Waals surface area contributed by atoms with Crippen LogP contribution < -0.4 is 16.0 Å². The maximum atomic E-state index is 13.6. The number of piperazine rings is 1. The topological polar surface area (TPSA) is 107 Å². The first-order valence-corrected chi connectivity index (χ1v) is 11.9. The van der Waals surface area contributed by atoms with E-state index in [1.807, 2.05) is 12.1 Å². The lowest BCUT2D eigenvalue weighted by molar-refractivity contribution is 0.0977. The fourth-order valence-electron chi connectivity index (χ4n) is 4.59. The first kappa shape index (κ1) is 24.4. The Hall–Kier alpha value is -4.31. The zero-order valence-electron chi connectivity index (χ0n) is 20.2. The molecule has 10 heteroatoms. The van der Waals surface area contributed by atoms with Crippen LogP contribution in [-0.2, 0) is 6.42 Å². The Morgan fingerprint density at radius 2 is 1.68 bits per heavy atom. The van der Waals surface area contributed by atoms with Crippen LogP contribution in [0.1, 0.15) is 31.8 Å². The van der Waals surface area contributed by atoms with Crippen LogP contribution in [-0.4, -0.2) is 60.1 Å². The molecule has 0 atom stereocenters. The standard InChI is InChI=1S/C27H26F2N6O2/c1-34-6-8-35(9-7-34)20-3-4-21(22(15-20)25(30)36)27(37)31-26-23-13-16(2-5-24(23)32-33-26)10-17-11-18(28)14-19(29)12-17/h2-5,11-15H,6-10H2,1H3,(H2,30,36)(H2,31,32,33,37). The van der Waals surface area contributed by atoms with E-state index < -0.39 is 23.4 Å². The van der Waals surface area contributed by atoms with Crippen LogP contribution in [0.5, 0.6) is 0 Å². The summed E-state index contributed by atoms with van der Waals surface area (Å²) in [6, 6.07) is 13.8. The number of aromatic nitrogens is 2. The molecule has 0 bridgehead atoms. The maximum Gasteiger partial charge on any atom is 0.257 e. The molecule has 0 spiro atoms.